The van der Waals surface area contributed by atoms with Crippen LogP contribution in [-0.2, 0) is 19.6 Å². The summed E-state index contributed by atoms with van der Waals surface area (Å²) in [6.45, 7) is 1.86. The average molecular weight is 461 g/mol. The zero-order valence-electron chi connectivity index (χ0n) is 16.2. The molecule has 0 radical (unpaired) electrons. The van der Waals surface area contributed by atoms with Crippen molar-refractivity contribution in [3.63, 3.8) is 0 Å². The topological polar surface area (TPSA) is 84.9 Å². The molecule has 0 fully saturated rings. The summed E-state index contributed by atoms with van der Waals surface area (Å²) in [4.78, 5) is 12.3. The van der Waals surface area contributed by atoms with Gasteiger partial charge in [-0.2, -0.15) is 0 Å². The molecule has 7 nitrogen and oxygen atoms in total. The first-order chi connectivity index (χ1) is 13.7. The van der Waals surface area contributed by atoms with Crippen molar-refractivity contribution in [3.05, 3.63) is 52.0 Å². The number of benzene rings is 2. The van der Waals surface area contributed by atoms with E-state index in [-0.39, 0.29) is 32.9 Å². The third-order valence-corrected chi connectivity index (χ3v) is 6.53. The van der Waals surface area contributed by atoms with Crippen LogP contribution in [0.4, 0.5) is 5.69 Å². The number of ether oxygens (including phenoxy) is 2. The van der Waals surface area contributed by atoms with Crippen molar-refractivity contribution in [1.29, 1.82) is 0 Å². The predicted octanol–water partition coefficient (Wildman–Crippen LogP) is 3.27. The molecule has 10 heteroatoms. The molecule has 0 aromatic heterocycles. The lowest BCUT2D eigenvalue weighted by molar-refractivity contribution is -0.119. The predicted molar refractivity (Wildman–Crippen MR) is 114 cm³/mol. The van der Waals surface area contributed by atoms with Gasteiger partial charge >= 0.3 is 0 Å². The van der Waals surface area contributed by atoms with E-state index in [1.807, 2.05) is 0 Å². The first-order valence-electron chi connectivity index (χ1n) is 8.58. The number of halogens is 2. The lowest BCUT2D eigenvalue weighted by Crippen LogP contribution is -2.41. The zero-order valence-corrected chi connectivity index (χ0v) is 18.6. The van der Waals surface area contributed by atoms with Gasteiger partial charge in [0.05, 0.1) is 29.4 Å². The van der Waals surface area contributed by atoms with Crippen LogP contribution in [0.25, 0.3) is 0 Å². The van der Waals surface area contributed by atoms with Gasteiger partial charge in [-0.1, -0.05) is 29.3 Å². The van der Waals surface area contributed by atoms with Crippen LogP contribution in [0.5, 0.6) is 5.75 Å². The Bertz CT molecular complexity index is 983. The van der Waals surface area contributed by atoms with E-state index in [1.165, 1.54) is 38.5 Å². The number of anilines is 1. The minimum Gasteiger partial charge on any atom is -0.495 e. The zero-order chi connectivity index (χ0) is 21.6. The van der Waals surface area contributed by atoms with Gasteiger partial charge in [0.2, 0.25) is 5.91 Å². The van der Waals surface area contributed by atoms with Crippen LogP contribution in [-0.4, -0.2) is 48.2 Å². The Morgan fingerprint density at radius 2 is 1.83 bits per heavy atom. The fourth-order valence-corrected chi connectivity index (χ4v) is 4.49. The Kier molecular flexibility index (Phi) is 8.15. The van der Waals surface area contributed by atoms with E-state index in [0.717, 1.165) is 9.87 Å². The van der Waals surface area contributed by atoms with Crippen molar-refractivity contribution in [2.45, 2.75) is 11.8 Å². The molecule has 0 spiro atoms. The smallest absolute Gasteiger partial charge is 0.268 e. The van der Waals surface area contributed by atoms with Crippen LogP contribution < -0.4 is 14.4 Å². The van der Waals surface area contributed by atoms with Crippen LogP contribution in [0.15, 0.2) is 41.3 Å². The largest absolute Gasteiger partial charge is 0.495 e. The second-order valence-corrected chi connectivity index (χ2v) is 8.75. The van der Waals surface area contributed by atoms with Crippen molar-refractivity contribution in [2.75, 3.05) is 38.2 Å². The molecule has 2 rings (SSSR count). The highest BCUT2D eigenvalue weighted by molar-refractivity contribution is 7.93. The third-order valence-electron chi connectivity index (χ3n) is 3.99. The molecule has 0 saturated heterocycles. The number of amides is 1. The summed E-state index contributed by atoms with van der Waals surface area (Å²) in [6, 6.07) is 9.13. The van der Waals surface area contributed by atoms with Gasteiger partial charge in [0, 0.05) is 13.7 Å². The molecule has 1 N–H and O–H groups in total. The summed E-state index contributed by atoms with van der Waals surface area (Å²) < 4.78 is 38.1. The second kappa shape index (κ2) is 10.2. The van der Waals surface area contributed by atoms with E-state index < -0.39 is 22.5 Å². The lowest BCUT2D eigenvalue weighted by Gasteiger charge is -2.25. The number of carbonyl (C=O) groups excluding carboxylic acids is 1. The molecular formula is C19H22Cl2N2O5S. The van der Waals surface area contributed by atoms with Gasteiger partial charge < -0.3 is 14.8 Å². The summed E-state index contributed by atoms with van der Waals surface area (Å²) in [5.74, 6) is -0.330. The number of hydrogen-bond acceptors (Lipinski definition) is 5. The van der Waals surface area contributed by atoms with Crippen molar-refractivity contribution in [2.24, 2.45) is 0 Å². The monoisotopic (exact) mass is 460 g/mol. The molecule has 0 heterocycles. The number of rotatable bonds is 9. The molecule has 2 aromatic rings. The SMILES string of the molecule is COCCNC(=O)CN(c1ccc(Cl)c(Cl)c1)S(=O)(=O)c1cc(C)ccc1OC. The van der Waals surface area contributed by atoms with Gasteiger partial charge in [-0.3, -0.25) is 9.10 Å². The van der Waals surface area contributed by atoms with Gasteiger partial charge in [-0.05, 0) is 42.8 Å². The maximum absolute atomic E-state index is 13.5. The number of hydrogen-bond donors (Lipinski definition) is 1. The molecule has 158 valence electrons. The van der Waals surface area contributed by atoms with Crippen molar-refractivity contribution < 1.29 is 22.7 Å². The van der Waals surface area contributed by atoms with E-state index in [0.29, 0.717) is 6.61 Å². The van der Waals surface area contributed by atoms with Gasteiger partial charge in [-0.25, -0.2) is 8.42 Å². The fourth-order valence-electron chi connectivity index (χ4n) is 2.54. The van der Waals surface area contributed by atoms with E-state index in [4.69, 9.17) is 32.7 Å². The van der Waals surface area contributed by atoms with Crippen molar-refractivity contribution in [1.82, 2.24) is 5.32 Å². The summed E-state index contributed by atoms with van der Waals surface area (Å²) in [5, 5.41) is 3.05. The molecular weight excluding hydrogens is 439 g/mol. The van der Waals surface area contributed by atoms with Crippen molar-refractivity contribution >= 4 is 44.8 Å². The molecule has 0 unspecified atom stereocenters. The summed E-state index contributed by atoms with van der Waals surface area (Å²) in [6.07, 6.45) is 0. The van der Waals surface area contributed by atoms with Crippen molar-refractivity contribution in [3.8, 4) is 5.75 Å². The number of sulfonamides is 1. The van der Waals surface area contributed by atoms with Crippen LogP contribution in [0.1, 0.15) is 5.56 Å². The van der Waals surface area contributed by atoms with Crippen LogP contribution in [0.2, 0.25) is 10.0 Å². The standard InChI is InChI=1S/C19H22Cl2N2O5S/c1-13-4-7-17(28-3)18(10-13)29(25,26)23(12-19(24)22-8-9-27-2)14-5-6-15(20)16(21)11-14/h4-7,10-11H,8-9,12H2,1-3H3,(H,22,24). The quantitative estimate of drug-likeness (QED) is 0.580. The second-order valence-electron chi connectivity index (χ2n) is 6.11. The third kappa shape index (κ3) is 5.76. The normalized spacial score (nSPS) is 11.2. The summed E-state index contributed by atoms with van der Waals surface area (Å²) in [5.41, 5.74) is 0.924. The summed E-state index contributed by atoms with van der Waals surface area (Å²) >= 11 is 12.0. The minimum absolute atomic E-state index is 0.0595. The van der Waals surface area contributed by atoms with Crippen LogP contribution in [0.3, 0.4) is 0 Å². The molecule has 1 amide bonds. The Balaban J connectivity index is 2.52. The molecule has 0 bridgehead atoms. The van der Waals surface area contributed by atoms with E-state index in [2.05, 4.69) is 5.32 Å². The maximum Gasteiger partial charge on any atom is 0.268 e. The van der Waals surface area contributed by atoms with Gasteiger partial charge in [-0.15, -0.1) is 0 Å². The minimum atomic E-state index is -4.16. The fraction of sp³-hybridized carbons (Fsp3) is 0.316. The molecule has 0 aliphatic carbocycles. The Hall–Kier alpha value is -2.00. The Morgan fingerprint density at radius 3 is 2.45 bits per heavy atom. The first-order valence-corrected chi connectivity index (χ1v) is 10.8. The number of nitrogens with one attached hydrogen (secondary N) is 1. The Labute approximate surface area is 180 Å². The summed E-state index contributed by atoms with van der Waals surface area (Å²) in [7, 11) is -1.28. The van der Waals surface area contributed by atoms with Crippen LogP contribution >= 0.6 is 23.2 Å². The van der Waals surface area contributed by atoms with E-state index >= 15 is 0 Å². The highest BCUT2D eigenvalue weighted by Gasteiger charge is 2.30. The molecule has 0 atom stereocenters. The Morgan fingerprint density at radius 1 is 1.10 bits per heavy atom. The van der Waals surface area contributed by atoms with E-state index in [9.17, 15) is 13.2 Å². The highest BCUT2D eigenvalue weighted by atomic mass is 35.5. The maximum atomic E-state index is 13.5. The lowest BCUT2D eigenvalue weighted by atomic mass is 10.2. The van der Waals surface area contributed by atoms with E-state index in [1.54, 1.807) is 19.1 Å². The first kappa shape index (κ1) is 23.3. The van der Waals surface area contributed by atoms with Crippen LogP contribution in [0, 0.1) is 6.92 Å². The molecule has 0 aliphatic rings. The number of nitrogens with zero attached hydrogens (tertiary/aromatic N) is 1. The van der Waals surface area contributed by atoms with Gasteiger partial charge in [0.25, 0.3) is 10.0 Å². The molecule has 29 heavy (non-hydrogen) atoms. The number of carbonyl (C=O) groups is 1. The number of methoxy groups -OCH3 is 2. The van der Waals surface area contributed by atoms with Gasteiger partial charge in [0.1, 0.15) is 17.2 Å². The average Bonchev–Trinajstić information content (AvgIpc) is 2.68. The molecule has 0 saturated carbocycles. The molecule has 2 aromatic carbocycles. The molecule has 0 aliphatic heterocycles. The van der Waals surface area contributed by atoms with Gasteiger partial charge in [0.15, 0.2) is 0 Å². The highest BCUT2D eigenvalue weighted by Crippen LogP contribution is 2.33. The number of aryl methyl sites for hydroxylation is 1.